The van der Waals surface area contributed by atoms with E-state index >= 15 is 0 Å². The maximum atomic E-state index is 8.55. The van der Waals surface area contributed by atoms with Gasteiger partial charge in [-0.3, -0.25) is 0 Å². The maximum absolute atomic E-state index is 8.55. The zero-order chi connectivity index (χ0) is 9.26. The first-order chi connectivity index (χ1) is 6.31. The second-order valence-corrected chi connectivity index (χ2v) is 2.65. The van der Waals surface area contributed by atoms with Crippen molar-refractivity contribution in [2.75, 3.05) is 5.73 Å². The predicted octanol–water partition coefficient (Wildman–Crippen LogP) is 1.48. The fourth-order valence-corrected chi connectivity index (χ4v) is 1.25. The molecule has 0 fully saturated rings. The molecule has 0 atom stereocenters. The number of hydrogen-bond donors (Lipinski definition) is 1. The van der Waals surface area contributed by atoms with Crippen molar-refractivity contribution in [3.63, 3.8) is 0 Å². The Morgan fingerprint density at radius 1 is 1.54 bits per heavy atom. The van der Waals surface area contributed by atoms with E-state index in [9.17, 15) is 0 Å². The summed E-state index contributed by atoms with van der Waals surface area (Å²) in [6.07, 6.45) is 0.323. The quantitative estimate of drug-likeness (QED) is 0.708. The lowest BCUT2D eigenvalue weighted by molar-refractivity contribution is 0.626. The average Bonchev–Trinajstić information content (AvgIpc) is 2.47. The number of nitrogens with zero attached hydrogens (tertiary/aromatic N) is 2. The van der Waals surface area contributed by atoms with Crippen molar-refractivity contribution < 1.29 is 4.42 Å². The van der Waals surface area contributed by atoms with Crippen molar-refractivity contribution in [2.45, 2.75) is 6.42 Å². The summed E-state index contributed by atoms with van der Waals surface area (Å²) in [6, 6.07) is 7.64. The van der Waals surface area contributed by atoms with E-state index in [0.29, 0.717) is 17.5 Å². The first-order valence-electron chi connectivity index (χ1n) is 3.82. The third kappa shape index (κ3) is 1.20. The van der Waals surface area contributed by atoms with Crippen LogP contribution < -0.4 is 5.73 Å². The normalized spacial score (nSPS) is 10.1. The summed E-state index contributed by atoms with van der Waals surface area (Å²) in [5.74, 6) is 0. The Morgan fingerprint density at radius 2 is 2.38 bits per heavy atom. The van der Waals surface area contributed by atoms with Gasteiger partial charge in [-0.1, -0.05) is 12.1 Å². The first kappa shape index (κ1) is 7.62. The Labute approximate surface area is 74.6 Å². The Kier molecular flexibility index (Phi) is 1.64. The largest absolute Gasteiger partial charge is 0.424 e. The third-order valence-corrected chi connectivity index (χ3v) is 1.79. The number of rotatable bonds is 1. The van der Waals surface area contributed by atoms with Crippen LogP contribution >= 0.6 is 0 Å². The lowest BCUT2D eigenvalue weighted by Gasteiger charge is -1.92. The molecule has 2 rings (SSSR count). The number of anilines is 1. The molecule has 64 valence electrons. The van der Waals surface area contributed by atoms with E-state index in [1.54, 1.807) is 6.07 Å². The molecule has 0 aliphatic carbocycles. The summed E-state index contributed by atoms with van der Waals surface area (Å²) in [6.45, 7) is 0. The van der Waals surface area contributed by atoms with Gasteiger partial charge in [0.05, 0.1) is 12.5 Å². The van der Waals surface area contributed by atoms with Crippen LogP contribution in [-0.2, 0) is 6.42 Å². The summed E-state index contributed by atoms with van der Waals surface area (Å²) >= 11 is 0. The molecule has 1 aromatic heterocycles. The van der Waals surface area contributed by atoms with Crippen LogP contribution in [0.4, 0.5) is 6.01 Å². The summed E-state index contributed by atoms with van der Waals surface area (Å²) in [5.41, 5.74) is 7.55. The van der Waals surface area contributed by atoms with Crippen molar-refractivity contribution in [1.29, 1.82) is 5.26 Å². The first-order valence-corrected chi connectivity index (χ1v) is 3.82. The number of oxazole rings is 1. The Morgan fingerprint density at radius 3 is 3.15 bits per heavy atom. The number of benzene rings is 1. The number of fused-ring (bicyclic) bond motifs is 1. The van der Waals surface area contributed by atoms with Crippen LogP contribution in [0.1, 0.15) is 5.56 Å². The van der Waals surface area contributed by atoms with E-state index in [4.69, 9.17) is 15.4 Å². The third-order valence-electron chi connectivity index (χ3n) is 1.79. The Bertz CT molecular complexity index is 481. The van der Waals surface area contributed by atoms with E-state index in [1.165, 1.54) is 0 Å². The molecule has 0 spiro atoms. The molecule has 1 aromatic carbocycles. The molecule has 2 N–H and O–H groups in total. The molecule has 4 nitrogen and oxygen atoms in total. The maximum Gasteiger partial charge on any atom is 0.292 e. The molecule has 2 aromatic rings. The highest BCUT2D eigenvalue weighted by Gasteiger charge is 2.06. The van der Waals surface area contributed by atoms with Crippen LogP contribution in [-0.4, -0.2) is 4.98 Å². The van der Waals surface area contributed by atoms with Gasteiger partial charge in [-0.2, -0.15) is 10.2 Å². The summed E-state index contributed by atoms with van der Waals surface area (Å²) in [4.78, 5) is 3.99. The van der Waals surface area contributed by atoms with Crippen LogP contribution in [0.5, 0.6) is 0 Å². The van der Waals surface area contributed by atoms with E-state index in [2.05, 4.69) is 11.1 Å². The van der Waals surface area contributed by atoms with Gasteiger partial charge in [0.2, 0.25) is 0 Å². The number of nitrogen functional groups attached to an aromatic ring is 1. The SMILES string of the molecule is N#CCc1cccc2oc(N)nc12. The van der Waals surface area contributed by atoms with Crippen molar-refractivity contribution in [3.8, 4) is 6.07 Å². The summed E-state index contributed by atoms with van der Waals surface area (Å²) in [5, 5.41) is 8.55. The van der Waals surface area contributed by atoms with E-state index in [-0.39, 0.29) is 6.01 Å². The van der Waals surface area contributed by atoms with Gasteiger partial charge >= 0.3 is 0 Å². The minimum Gasteiger partial charge on any atom is -0.424 e. The zero-order valence-corrected chi connectivity index (χ0v) is 6.82. The monoisotopic (exact) mass is 173 g/mol. The molecule has 0 unspecified atom stereocenters. The second-order valence-electron chi connectivity index (χ2n) is 2.65. The van der Waals surface area contributed by atoms with Crippen molar-refractivity contribution in [2.24, 2.45) is 0 Å². The van der Waals surface area contributed by atoms with Gasteiger partial charge in [-0.15, -0.1) is 0 Å². The molecule has 0 radical (unpaired) electrons. The number of para-hydroxylation sites is 1. The molecule has 0 bridgehead atoms. The predicted molar refractivity (Wildman–Crippen MR) is 47.7 cm³/mol. The van der Waals surface area contributed by atoms with Crippen LogP contribution in [0.25, 0.3) is 11.1 Å². The van der Waals surface area contributed by atoms with E-state index in [1.807, 2.05) is 12.1 Å². The van der Waals surface area contributed by atoms with Gasteiger partial charge < -0.3 is 10.2 Å². The van der Waals surface area contributed by atoms with Gasteiger partial charge in [0, 0.05) is 0 Å². The van der Waals surface area contributed by atoms with Gasteiger partial charge in [0.1, 0.15) is 5.52 Å². The molecular formula is C9H7N3O. The standard InChI is InChI=1S/C9H7N3O/c10-5-4-6-2-1-3-7-8(6)12-9(11)13-7/h1-3H,4H2,(H2,11,12). The van der Waals surface area contributed by atoms with Crippen LogP contribution in [0.3, 0.4) is 0 Å². The fourth-order valence-electron chi connectivity index (χ4n) is 1.25. The Hall–Kier alpha value is -2.02. The molecular weight excluding hydrogens is 166 g/mol. The smallest absolute Gasteiger partial charge is 0.292 e. The van der Waals surface area contributed by atoms with E-state index < -0.39 is 0 Å². The van der Waals surface area contributed by atoms with Gasteiger partial charge in [-0.05, 0) is 11.6 Å². The van der Waals surface area contributed by atoms with Crippen molar-refractivity contribution in [1.82, 2.24) is 4.98 Å². The molecule has 1 heterocycles. The average molecular weight is 173 g/mol. The van der Waals surface area contributed by atoms with Crippen molar-refractivity contribution in [3.05, 3.63) is 23.8 Å². The zero-order valence-electron chi connectivity index (χ0n) is 6.82. The number of nitriles is 1. The van der Waals surface area contributed by atoms with Crippen LogP contribution in [0.2, 0.25) is 0 Å². The molecule has 0 aliphatic rings. The van der Waals surface area contributed by atoms with Gasteiger partial charge in [0.25, 0.3) is 6.01 Å². The molecule has 13 heavy (non-hydrogen) atoms. The Balaban J connectivity index is 2.69. The second kappa shape index (κ2) is 2.79. The highest BCUT2D eigenvalue weighted by Crippen LogP contribution is 2.20. The summed E-state index contributed by atoms with van der Waals surface area (Å²) in [7, 11) is 0. The molecule has 0 saturated carbocycles. The lowest BCUT2D eigenvalue weighted by atomic mass is 10.1. The van der Waals surface area contributed by atoms with Crippen LogP contribution in [0, 0.1) is 11.3 Å². The minimum absolute atomic E-state index is 0.139. The molecule has 0 aliphatic heterocycles. The number of nitrogens with two attached hydrogens (primary N) is 1. The van der Waals surface area contributed by atoms with Crippen LogP contribution in [0.15, 0.2) is 22.6 Å². The molecule has 0 amide bonds. The molecule has 0 saturated heterocycles. The number of hydrogen-bond acceptors (Lipinski definition) is 4. The highest BCUT2D eigenvalue weighted by molar-refractivity contribution is 5.78. The van der Waals surface area contributed by atoms with E-state index in [0.717, 1.165) is 5.56 Å². The minimum atomic E-state index is 0.139. The topological polar surface area (TPSA) is 75.8 Å². The summed E-state index contributed by atoms with van der Waals surface area (Å²) < 4.78 is 5.11. The van der Waals surface area contributed by atoms with Gasteiger partial charge in [-0.25, -0.2) is 0 Å². The van der Waals surface area contributed by atoms with Crippen molar-refractivity contribution >= 4 is 17.1 Å². The van der Waals surface area contributed by atoms with Gasteiger partial charge in [0.15, 0.2) is 5.58 Å². The lowest BCUT2D eigenvalue weighted by Crippen LogP contribution is -1.85. The fraction of sp³-hybridized carbons (Fsp3) is 0.111. The molecule has 4 heteroatoms. The number of aromatic nitrogens is 1. The highest BCUT2D eigenvalue weighted by atomic mass is 16.4.